The van der Waals surface area contributed by atoms with Crippen molar-refractivity contribution in [1.29, 1.82) is 0 Å². The van der Waals surface area contributed by atoms with E-state index in [2.05, 4.69) is 12.2 Å². The van der Waals surface area contributed by atoms with Crippen LogP contribution in [0.3, 0.4) is 0 Å². The lowest BCUT2D eigenvalue weighted by atomic mass is 10.1. The Bertz CT molecular complexity index is 427. The fourth-order valence-corrected chi connectivity index (χ4v) is 2.09. The van der Waals surface area contributed by atoms with Crippen molar-refractivity contribution in [3.05, 3.63) is 39.4 Å². The Hall–Kier alpha value is -1.42. The fourth-order valence-electron chi connectivity index (χ4n) is 2.09. The normalized spacial score (nSPS) is 16.8. The van der Waals surface area contributed by atoms with E-state index in [1.54, 1.807) is 12.1 Å². The van der Waals surface area contributed by atoms with E-state index in [4.69, 9.17) is 0 Å². The smallest absolute Gasteiger partial charge is 0.272 e. The molecule has 1 saturated carbocycles. The molecule has 1 fully saturated rings. The first-order chi connectivity index (χ1) is 8.09. The van der Waals surface area contributed by atoms with Gasteiger partial charge >= 0.3 is 0 Å². The van der Waals surface area contributed by atoms with Crippen LogP contribution in [0.1, 0.15) is 30.9 Å². The van der Waals surface area contributed by atoms with E-state index in [1.807, 2.05) is 13.0 Å². The third-order valence-corrected chi connectivity index (χ3v) is 3.56. The molecule has 1 aromatic carbocycles. The summed E-state index contributed by atoms with van der Waals surface area (Å²) in [4.78, 5) is 10.5. The predicted molar refractivity (Wildman–Crippen MR) is 66.9 cm³/mol. The molecule has 92 valence electrons. The highest BCUT2D eigenvalue weighted by molar-refractivity contribution is 5.44. The molecular weight excluding hydrogens is 216 g/mol. The van der Waals surface area contributed by atoms with Crippen molar-refractivity contribution in [2.24, 2.45) is 5.92 Å². The van der Waals surface area contributed by atoms with Crippen molar-refractivity contribution in [3.63, 3.8) is 0 Å². The summed E-state index contributed by atoms with van der Waals surface area (Å²) in [5.74, 6) is 0.800. The second-order valence-corrected chi connectivity index (χ2v) is 4.83. The van der Waals surface area contributed by atoms with E-state index < -0.39 is 0 Å². The molecule has 0 spiro atoms. The van der Waals surface area contributed by atoms with Crippen molar-refractivity contribution in [1.82, 2.24) is 5.32 Å². The van der Waals surface area contributed by atoms with Gasteiger partial charge in [-0.25, -0.2) is 0 Å². The van der Waals surface area contributed by atoms with E-state index in [1.165, 1.54) is 12.8 Å². The van der Waals surface area contributed by atoms with Crippen LogP contribution in [-0.2, 0) is 6.54 Å². The number of nitrogens with one attached hydrogen (secondary N) is 1. The van der Waals surface area contributed by atoms with Gasteiger partial charge in [-0.1, -0.05) is 12.1 Å². The largest absolute Gasteiger partial charge is 0.310 e. The number of nitrogens with zero attached hydrogens (tertiary/aromatic N) is 1. The summed E-state index contributed by atoms with van der Waals surface area (Å²) in [6, 6.07) is 5.77. The average Bonchev–Trinajstić information content (AvgIpc) is 3.10. The molecule has 4 heteroatoms. The highest BCUT2D eigenvalue weighted by Crippen LogP contribution is 2.32. The van der Waals surface area contributed by atoms with E-state index in [-0.39, 0.29) is 10.6 Å². The molecule has 17 heavy (non-hydrogen) atoms. The summed E-state index contributed by atoms with van der Waals surface area (Å²) < 4.78 is 0. The summed E-state index contributed by atoms with van der Waals surface area (Å²) in [5, 5.41) is 14.3. The summed E-state index contributed by atoms with van der Waals surface area (Å²) in [6.07, 6.45) is 2.62. The molecule has 4 nitrogen and oxygen atoms in total. The van der Waals surface area contributed by atoms with Gasteiger partial charge in [0.1, 0.15) is 0 Å². The Kier molecular flexibility index (Phi) is 3.43. The molecule has 0 heterocycles. The minimum absolute atomic E-state index is 0.211. The van der Waals surface area contributed by atoms with Gasteiger partial charge < -0.3 is 5.32 Å². The molecular formula is C13H18N2O2. The SMILES string of the molecule is Cc1c(CNC(C)C2CC2)cccc1[N+](=O)[O-]. The van der Waals surface area contributed by atoms with E-state index in [9.17, 15) is 10.1 Å². The number of rotatable bonds is 5. The van der Waals surface area contributed by atoms with Crippen LogP contribution in [0.2, 0.25) is 0 Å². The van der Waals surface area contributed by atoms with Crippen molar-refractivity contribution in [2.75, 3.05) is 0 Å². The number of hydrogen-bond donors (Lipinski definition) is 1. The second kappa shape index (κ2) is 4.84. The van der Waals surface area contributed by atoms with Crippen LogP contribution < -0.4 is 5.32 Å². The first kappa shape index (κ1) is 12.0. The molecule has 1 unspecified atom stereocenters. The fraction of sp³-hybridized carbons (Fsp3) is 0.538. The molecule has 0 bridgehead atoms. The quantitative estimate of drug-likeness (QED) is 0.629. The molecule has 1 aromatic rings. The summed E-state index contributed by atoms with van der Waals surface area (Å²) >= 11 is 0. The van der Waals surface area contributed by atoms with Crippen LogP contribution in [0.4, 0.5) is 5.69 Å². The highest BCUT2D eigenvalue weighted by atomic mass is 16.6. The van der Waals surface area contributed by atoms with Gasteiger partial charge in [0.15, 0.2) is 0 Å². The molecule has 0 radical (unpaired) electrons. The maximum Gasteiger partial charge on any atom is 0.272 e. The zero-order valence-corrected chi connectivity index (χ0v) is 10.3. The van der Waals surface area contributed by atoms with Crippen molar-refractivity contribution in [3.8, 4) is 0 Å². The van der Waals surface area contributed by atoms with Crippen LogP contribution in [0.25, 0.3) is 0 Å². The first-order valence-electron chi connectivity index (χ1n) is 6.06. The zero-order valence-electron chi connectivity index (χ0n) is 10.3. The maximum absolute atomic E-state index is 10.8. The van der Waals surface area contributed by atoms with E-state index in [0.717, 1.165) is 17.0 Å². The van der Waals surface area contributed by atoms with Gasteiger partial charge in [0.2, 0.25) is 0 Å². The maximum atomic E-state index is 10.8. The Morgan fingerprint density at radius 3 is 2.82 bits per heavy atom. The van der Waals surface area contributed by atoms with Crippen LogP contribution in [0.15, 0.2) is 18.2 Å². The predicted octanol–water partition coefficient (Wildman–Crippen LogP) is 2.79. The standard InChI is InChI=1S/C13H18N2O2/c1-9-12(4-3-5-13(9)15(16)17)8-14-10(2)11-6-7-11/h3-5,10-11,14H,6-8H2,1-2H3. The van der Waals surface area contributed by atoms with Gasteiger partial charge in [-0.2, -0.15) is 0 Å². The first-order valence-corrected chi connectivity index (χ1v) is 6.06. The molecule has 1 atom stereocenters. The van der Waals surface area contributed by atoms with Crippen molar-refractivity contribution < 1.29 is 4.92 Å². The Balaban J connectivity index is 2.04. The van der Waals surface area contributed by atoms with Gasteiger partial charge in [-0.15, -0.1) is 0 Å². The third-order valence-electron chi connectivity index (χ3n) is 3.56. The topological polar surface area (TPSA) is 55.2 Å². The lowest BCUT2D eigenvalue weighted by Gasteiger charge is -2.13. The van der Waals surface area contributed by atoms with E-state index in [0.29, 0.717) is 12.6 Å². The molecule has 0 amide bonds. The minimum atomic E-state index is -0.316. The van der Waals surface area contributed by atoms with Gasteiger partial charge in [0.05, 0.1) is 4.92 Å². The third kappa shape index (κ3) is 2.82. The van der Waals surface area contributed by atoms with Crippen molar-refractivity contribution >= 4 is 5.69 Å². The number of hydrogen-bond acceptors (Lipinski definition) is 3. The lowest BCUT2D eigenvalue weighted by molar-refractivity contribution is -0.385. The monoisotopic (exact) mass is 234 g/mol. The molecule has 2 rings (SSSR count). The highest BCUT2D eigenvalue weighted by Gasteiger charge is 2.27. The minimum Gasteiger partial charge on any atom is -0.310 e. The molecule has 0 aliphatic heterocycles. The summed E-state index contributed by atoms with van der Waals surface area (Å²) in [7, 11) is 0. The second-order valence-electron chi connectivity index (χ2n) is 4.83. The average molecular weight is 234 g/mol. The van der Waals surface area contributed by atoms with Gasteiger partial charge in [0, 0.05) is 24.2 Å². The Morgan fingerprint density at radius 1 is 1.53 bits per heavy atom. The molecule has 1 N–H and O–H groups in total. The molecule has 0 aromatic heterocycles. The van der Waals surface area contributed by atoms with Gasteiger partial charge in [0.25, 0.3) is 5.69 Å². The molecule has 1 aliphatic rings. The van der Waals surface area contributed by atoms with Gasteiger partial charge in [-0.3, -0.25) is 10.1 Å². The van der Waals surface area contributed by atoms with Crippen LogP contribution in [-0.4, -0.2) is 11.0 Å². The van der Waals surface area contributed by atoms with Crippen LogP contribution in [0.5, 0.6) is 0 Å². The number of benzene rings is 1. The number of nitro groups is 1. The summed E-state index contributed by atoms with van der Waals surface area (Å²) in [5.41, 5.74) is 2.00. The Morgan fingerprint density at radius 2 is 2.24 bits per heavy atom. The molecule has 0 saturated heterocycles. The lowest BCUT2D eigenvalue weighted by Crippen LogP contribution is -2.27. The van der Waals surface area contributed by atoms with Crippen LogP contribution >= 0.6 is 0 Å². The Labute approximate surface area is 101 Å². The van der Waals surface area contributed by atoms with E-state index >= 15 is 0 Å². The number of nitro benzene ring substituents is 1. The zero-order chi connectivity index (χ0) is 12.4. The van der Waals surface area contributed by atoms with Crippen molar-refractivity contribution in [2.45, 2.75) is 39.3 Å². The van der Waals surface area contributed by atoms with Crippen LogP contribution in [0, 0.1) is 23.0 Å². The molecule has 1 aliphatic carbocycles. The van der Waals surface area contributed by atoms with Gasteiger partial charge in [-0.05, 0) is 38.2 Å². The summed E-state index contributed by atoms with van der Waals surface area (Å²) in [6.45, 7) is 4.71.